The van der Waals surface area contributed by atoms with Gasteiger partial charge in [-0.05, 0) is 12.5 Å². The van der Waals surface area contributed by atoms with Gasteiger partial charge < -0.3 is 5.73 Å². The Balaban J connectivity index is 3.04. The van der Waals surface area contributed by atoms with Gasteiger partial charge >= 0.3 is 0 Å². The van der Waals surface area contributed by atoms with Crippen LogP contribution in [0.15, 0.2) is 36.4 Å². The first kappa shape index (κ1) is 13.9. The van der Waals surface area contributed by atoms with E-state index in [1.807, 2.05) is 0 Å². The predicted octanol–water partition coefficient (Wildman–Crippen LogP) is 1.81. The maximum absolute atomic E-state index is 11.8. The molecule has 0 aromatic heterocycles. The van der Waals surface area contributed by atoms with Crippen LogP contribution in [0.4, 0.5) is 0 Å². The van der Waals surface area contributed by atoms with E-state index in [0.29, 0.717) is 16.7 Å². The lowest BCUT2D eigenvalue weighted by atomic mass is 10.1. The average Bonchev–Trinajstić information content (AvgIpc) is 2.14. The number of hydrogen-bond acceptors (Lipinski definition) is 3. The second-order valence-corrected chi connectivity index (χ2v) is 6.52. The number of benzene rings is 1. The molecule has 17 heavy (non-hydrogen) atoms. The zero-order valence-electron chi connectivity index (χ0n) is 9.64. The number of nitrogens with two attached hydrogens (primary N) is 1. The molecule has 0 radical (unpaired) electrons. The minimum atomic E-state index is -3.20. The Bertz CT molecular complexity index is 547. The third-order valence-electron chi connectivity index (χ3n) is 2.12. The van der Waals surface area contributed by atoms with E-state index < -0.39 is 9.84 Å². The summed E-state index contributed by atoms with van der Waals surface area (Å²) in [6.45, 7) is 5.30. The summed E-state index contributed by atoms with van der Waals surface area (Å²) in [4.78, 5) is 0.214. The van der Waals surface area contributed by atoms with Crippen molar-refractivity contribution >= 4 is 27.0 Å². The van der Waals surface area contributed by atoms with Crippen molar-refractivity contribution in [3.8, 4) is 0 Å². The number of thiocarbonyl (C=S) groups is 1. The van der Waals surface area contributed by atoms with Gasteiger partial charge in [-0.3, -0.25) is 0 Å². The van der Waals surface area contributed by atoms with Crippen molar-refractivity contribution in [2.24, 2.45) is 5.73 Å². The summed E-state index contributed by atoms with van der Waals surface area (Å²) in [7, 11) is -3.20. The number of hydrogen-bond donors (Lipinski definition) is 1. The van der Waals surface area contributed by atoms with Crippen molar-refractivity contribution in [2.75, 3.05) is 5.75 Å². The van der Waals surface area contributed by atoms with E-state index in [2.05, 4.69) is 6.58 Å². The number of rotatable bonds is 5. The normalized spacial score (nSPS) is 11.1. The second kappa shape index (κ2) is 5.42. The molecule has 92 valence electrons. The van der Waals surface area contributed by atoms with E-state index >= 15 is 0 Å². The lowest BCUT2D eigenvalue weighted by Gasteiger charge is -2.08. The van der Waals surface area contributed by atoms with Crippen LogP contribution in [0.2, 0.25) is 0 Å². The van der Waals surface area contributed by atoms with Crippen LogP contribution >= 0.6 is 12.2 Å². The fourth-order valence-corrected chi connectivity index (χ4v) is 3.33. The van der Waals surface area contributed by atoms with Gasteiger partial charge in [-0.15, -0.1) is 0 Å². The summed E-state index contributed by atoms with van der Waals surface area (Å²) in [5.41, 5.74) is 7.44. The van der Waals surface area contributed by atoms with Gasteiger partial charge in [0, 0.05) is 5.56 Å². The van der Waals surface area contributed by atoms with Crippen molar-refractivity contribution in [2.45, 2.75) is 12.7 Å². The molecule has 0 bridgehead atoms. The van der Waals surface area contributed by atoms with Crippen LogP contribution in [0.5, 0.6) is 0 Å². The van der Waals surface area contributed by atoms with Crippen LogP contribution in [0.1, 0.15) is 18.1 Å². The van der Waals surface area contributed by atoms with Crippen molar-refractivity contribution in [3.05, 3.63) is 47.5 Å². The predicted molar refractivity (Wildman–Crippen MR) is 74.6 cm³/mol. The van der Waals surface area contributed by atoms with E-state index in [-0.39, 0.29) is 16.5 Å². The van der Waals surface area contributed by atoms with E-state index in [0.717, 1.165) is 0 Å². The molecule has 0 aliphatic heterocycles. The Hall–Kier alpha value is -1.20. The SMILES string of the molecule is C=C(C)CS(=O)(=O)Cc1ccccc1C(N)=S. The molecule has 1 rings (SSSR count). The van der Waals surface area contributed by atoms with E-state index in [9.17, 15) is 8.42 Å². The van der Waals surface area contributed by atoms with Gasteiger partial charge in [0.05, 0.1) is 11.5 Å². The quantitative estimate of drug-likeness (QED) is 0.654. The summed E-state index contributed by atoms with van der Waals surface area (Å²) in [5.74, 6) is -0.0773. The lowest BCUT2D eigenvalue weighted by molar-refractivity contribution is 0.597. The van der Waals surface area contributed by atoms with E-state index in [4.69, 9.17) is 18.0 Å². The molecule has 0 saturated carbocycles. The topological polar surface area (TPSA) is 60.2 Å². The van der Waals surface area contributed by atoms with Crippen molar-refractivity contribution in [1.29, 1.82) is 0 Å². The summed E-state index contributed by atoms with van der Waals surface area (Å²) in [5, 5.41) is 0. The highest BCUT2D eigenvalue weighted by molar-refractivity contribution is 7.90. The summed E-state index contributed by atoms with van der Waals surface area (Å²) in [6, 6.07) is 7.01. The standard InChI is InChI=1S/C12H15NO2S2/c1-9(2)7-17(14,15)8-10-5-3-4-6-11(10)12(13)16/h3-6H,1,7-8H2,2H3,(H2,13,16). The minimum absolute atomic E-state index is 0.0152. The fourth-order valence-electron chi connectivity index (χ4n) is 1.55. The van der Waals surface area contributed by atoms with Crippen molar-refractivity contribution in [3.63, 3.8) is 0 Å². The Morgan fingerprint density at radius 3 is 2.53 bits per heavy atom. The van der Waals surface area contributed by atoms with Gasteiger partial charge in [-0.2, -0.15) is 0 Å². The molecule has 0 saturated heterocycles. The molecule has 0 heterocycles. The molecular weight excluding hydrogens is 254 g/mol. The van der Waals surface area contributed by atoms with Gasteiger partial charge in [-0.1, -0.05) is 48.6 Å². The van der Waals surface area contributed by atoms with Crippen LogP contribution < -0.4 is 5.73 Å². The Morgan fingerprint density at radius 1 is 1.41 bits per heavy atom. The molecule has 5 heteroatoms. The highest BCUT2D eigenvalue weighted by Gasteiger charge is 2.15. The van der Waals surface area contributed by atoms with Gasteiger partial charge in [0.2, 0.25) is 0 Å². The molecule has 0 fully saturated rings. The lowest BCUT2D eigenvalue weighted by Crippen LogP contribution is -2.16. The molecule has 0 aliphatic carbocycles. The molecular formula is C12H15NO2S2. The van der Waals surface area contributed by atoms with Gasteiger partial charge in [0.1, 0.15) is 4.99 Å². The first-order chi connectivity index (χ1) is 7.82. The number of sulfone groups is 1. The second-order valence-electron chi connectivity index (χ2n) is 4.01. The summed E-state index contributed by atoms with van der Waals surface area (Å²) < 4.78 is 23.7. The molecule has 0 aliphatic rings. The molecule has 0 spiro atoms. The van der Waals surface area contributed by atoms with Crippen LogP contribution in [-0.2, 0) is 15.6 Å². The van der Waals surface area contributed by atoms with Crippen LogP contribution in [0.25, 0.3) is 0 Å². The highest BCUT2D eigenvalue weighted by Crippen LogP contribution is 2.14. The van der Waals surface area contributed by atoms with E-state index in [1.54, 1.807) is 31.2 Å². The van der Waals surface area contributed by atoms with E-state index in [1.165, 1.54) is 0 Å². The molecule has 1 aromatic rings. The molecule has 0 atom stereocenters. The highest BCUT2D eigenvalue weighted by atomic mass is 32.2. The van der Waals surface area contributed by atoms with Gasteiger partial charge in [0.25, 0.3) is 0 Å². The average molecular weight is 269 g/mol. The van der Waals surface area contributed by atoms with Crippen LogP contribution in [0.3, 0.4) is 0 Å². The Labute approximate surface area is 107 Å². The zero-order chi connectivity index (χ0) is 13.1. The first-order valence-electron chi connectivity index (χ1n) is 5.04. The van der Waals surface area contributed by atoms with Crippen LogP contribution in [0, 0.1) is 0 Å². The molecule has 0 amide bonds. The minimum Gasteiger partial charge on any atom is -0.389 e. The molecule has 1 aromatic carbocycles. The summed E-state index contributed by atoms with van der Waals surface area (Å²) >= 11 is 4.89. The largest absolute Gasteiger partial charge is 0.389 e. The van der Waals surface area contributed by atoms with Crippen molar-refractivity contribution < 1.29 is 8.42 Å². The fraction of sp³-hybridized carbons (Fsp3) is 0.250. The van der Waals surface area contributed by atoms with Crippen molar-refractivity contribution in [1.82, 2.24) is 0 Å². The van der Waals surface area contributed by atoms with Gasteiger partial charge in [-0.25, -0.2) is 8.42 Å². The maximum atomic E-state index is 11.8. The first-order valence-corrected chi connectivity index (χ1v) is 7.27. The molecule has 2 N–H and O–H groups in total. The van der Waals surface area contributed by atoms with Crippen LogP contribution in [-0.4, -0.2) is 19.2 Å². The van der Waals surface area contributed by atoms with Gasteiger partial charge in [0.15, 0.2) is 9.84 Å². The summed E-state index contributed by atoms with van der Waals surface area (Å²) in [6.07, 6.45) is 0. The maximum Gasteiger partial charge on any atom is 0.158 e. The monoisotopic (exact) mass is 269 g/mol. The molecule has 0 unspecified atom stereocenters. The third kappa shape index (κ3) is 4.28. The Morgan fingerprint density at radius 2 is 2.00 bits per heavy atom. The molecule has 3 nitrogen and oxygen atoms in total. The smallest absolute Gasteiger partial charge is 0.158 e. The Kier molecular flexibility index (Phi) is 4.42. The third-order valence-corrected chi connectivity index (χ3v) is 4.03. The zero-order valence-corrected chi connectivity index (χ0v) is 11.3.